The minimum Gasteiger partial charge on any atom is -0.373 e. The predicted octanol–water partition coefficient (Wildman–Crippen LogP) is 1.02. The molecule has 1 aromatic heterocycles. The third-order valence-corrected chi connectivity index (χ3v) is 3.00. The van der Waals surface area contributed by atoms with Gasteiger partial charge < -0.3 is 10.1 Å². The van der Waals surface area contributed by atoms with Gasteiger partial charge in [0.1, 0.15) is 0 Å². The number of nitrogens with one attached hydrogen (secondary N) is 2. The highest BCUT2D eigenvalue weighted by Gasteiger charge is 2.30. The van der Waals surface area contributed by atoms with Crippen LogP contribution in [0.5, 0.6) is 0 Å². The quantitative estimate of drug-likeness (QED) is 0.803. The normalized spacial score (nSPS) is 24.6. The molecule has 1 saturated heterocycles. The van der Waals surface area contributed by atoms with Crippen molar-refractivity contribution < 1.29 is 9.53 Å². The molecule has 0 aromatic carbocycles. The molecule has 2 heterocycles. The second-order valence-corrected chi connectivity index (χ2v) is 4.49. The van der Waals surface area contributed by atoms with Crippen LogP contribution in [0.2, 0.25) is 0 Å². The Balaban J connectivity index is 1.91. The lowest BCUT2D eigenvalue weighted by Gasteiger charge is -2.23. The fourth-order valence-electron chi connectivity index (χ4n) is 1.92. The number of carbonyl (C=O) groups excluding carboxylic acids is 1. The summed E-state index contributed by atoms with van der Waals surface area (Å²) in [6, 6.07) is 0. The summed E-state index contributed by atoms with van der Waals surface area (Å²) in [7, 11) is 0. The number of hydrogen-bond acceptors (Lipinski definition) is 3. The van der Waals surface area contributed by atoms with Gasteiger partial charge in [-0.3, -0.25) is 9.89 Å². The maximum atomic E-state index is 11.8. The molecule has 5 nitrogen and oxygen atoms in total. The van der Waals surface area contributed by atoms with E-state index in [1.165, 1.54) is 0 Å². The van der Waals surface area contributed by atoms with E-state index >= 15 is 0 Å². The second-order valence-electron chi connectivity index (χ2n) is 4.49. The van der Waals surface area contributed by atoms with Gasteiger partial charge in [0.2, 0.25) is 0 Å². The summed E-state index contributed by atoms with van der Waals surface area (Å²) in [6.07, 6.45) is 3.61. The van der Waals surface area contributed by atoms with E-state index in [9.17, 15) is 4.79 Å². The first-order valence-corrected chi connectivity index (χ1v) is 5.53. The first-order valence-electron chi connectivity index (χ1n) is 5.53. The van der Waals surface area contributed by atoms with Crippen LogP contribution in [0.4, 0.5) is 0 Å². The number of carbonyl (C=O) groups is 1. The molecule has 0 saturated carbocycles. The van der Waals surface area contributed by atoms with Crippen LogP contribution in [-0.4, -0.2) is 34.9 Å². The Hall–Kier alpha value is -1.36. The number of amides is 1. The predicted molar refractivity (Wildman–Crippen MR) is 59.2 cm³/mol. The van der Waals surface area contributed by atoms with Crippen molar-refractivity contribution >= 4 is 5.91 Å². The van der Waals surface area contributed by atoms with Crippen molar-refractivity contribution in [2.75, 3.05) is 13.2 Å². The van der Waals surface area contributed by atoms with Gasteiger partial charge in [0.25, 0.3) is 5.91 Å². The fourth-order valence-corrected chi connectivity index (χ4v) is 1.92. The first-order chi connectivity index (χ1) is 7.61. The Kier molecular flexibility index (Phi) is 2.96. The molecule has 1 atom stereocenters. The number of nitrogens with zero attached hydrogens (tertiary/aromatic N) is 1. The van der Waals surface area contributed by atoms with Gasteiger partial charge in [-0.2, -0.15) is 5.10 Å². The number of hydrogen-bond donors (Lipinski definition) is 2. The Morgan fingerprint density at radius 2 is 2.56 bits per heavy atom. The highest BCUT2D eigenvalue weighted by atomic mass is 16.5. The number of aryl methyl sites for hydroxylation is 1. The van der Waals surface area contributed by atoms with Crippen LogP contribution in [0.15, 0.2) is 6.20 Å². The molecule has 88 valence electrons. The standard InChI is InChI=1S/C11H17N3O2/c1-8-9(6-13-14-8)10(15)12-7-11(2)4-3-5-16-11/h6H,3-5,7H2,1-2H3,(H,12,15)(H,13,14). The van der Waals surface area contributed by atoms with Gasteiger partial charge in [-0.1, -0.05) is 0 Å². The van der Waals surface area contributed by atoms with E-state index in [-0.39, 0.29) is 11.5 Å². The number of aromatic nitrogens is 2. The van der Waals surface area contributed by atoms with Crippen molar-refractivity contribution in [3.63, 3.8) is 0 Å². The van der Waals surface area contributed by atoms with Gasteiger partial charge in [-0.25, -0.2) is 0 Å². The Labute approximate surface area is 94.6 Å². The van der Waals surface area contributed by atoms with E-state index in [1.54, 1.807) is 6.20 Å². The molecular formula is C11H17N3O2. The minimum atomic E-state index is -0.201. The summed E-state index contributed by atoms with van der Waals surface area (Å²) in [5.41, 5.74) is 1.18. The van der Waals surface area contributed by atoms with Crippen LogP contribution >= 0.6 is 0 Å². The highest BCUT2D eigenvalue weighted by Crippen LogP contribution is 2.23. The third-order valence-electron chi connectivity index (χ3n) is 3.00. The van der Waals surface area contributed by atoms with Gasteiger partial charge in [-0.15, -0.1) is 0 Å². The molecule has 5 heteroatoms. The number of aromatic amines is 1. The highest BCUT2D eigenvalue weighted by molar-refractivity contribution is 5.94. The average Bonchev–Trinajstić information content (AvgIpc) is 2.85. The van der Waals surface area contributed by atoms with E-state index in [2.05, 4.69) is 15.5 Å². The van der Waals surface area contributed by atoms with Crippen molar-refractivity contribution in [1.82, 2.24) is 15.5 Å². The van der Waals surface area contributed by atoms with Crippen LogP contribution < -0.4 is 5.32 Å². The summed E-state index contributed by atoms with van der Waals surface area (Å²) < 4.78 is 5.60. The molecule has 2 rings (SSSR count). The molecule has 0 radical (unpaired) electrons. The van der Waals surface area contributed by atoms with E-state index < -0.39 is 0 Å². The largest absolute Gasteiger partial charge is 0.373 e. The number of rotatable bonds is 3. The van der Waals surface area contributed by atoms with Crippen molar-refractivity contribution in [1.29, 1.82) is 0 Å². The zero-order valence-corrected chi connectivity index (χ0v) is 9.67. The fraction of sp³-hybridized carbons (Fsp3) is 0.636. The van der Waals surface area contributed by atoms with Gasteiger partial charge in [-0.05, 0) is 26.7 Å². The van der Waals surface area contributed by atoms with Crippen LogP contribution in [-0.2, 0) is 4.74 Å². The molecule has 1 unspecified atom stereocenters. The number of ether oxygens (including phenoxy) is 1. The molecule has 1 amide bonds. The third kappa shape index (κ3) is 2.24. The van der Waals surface area contributed by atoms with Crippen LogP contribution in [0, 0.1) is 6.92 Å². The smallest absolute Gasteiger partial charge is 0.254 e. The molecule has 2 N–H and O–H groups in total. The minimum absolute atomic E-state index is 0.0945. The van der Waals surface area contributed by atoms with Gasteiger partial charge in [0, 0.05) is 18.8 Å². The van der Waals surface area contributed by atoms with Crippen LogP contribution in [0.25, 0.3) is 0 Å². The molecule has 16 heavy (non-hydrogen) atoms. The molecule has 0 bridgehead atoms. The monoisotopic (exact) mass is 223 g/mol. The number of H-pyrrole nitrogens is 1. The van der Waals surface area contributed by atoms with Crippen LogP contribution in [0.3, 0.4) is 0 Å². The Morgan fingerprint density at radius 1 is 1.75 bits per heavy atom. The molecule has 0 aliphatic carbocycles. The molecule has 1 aliphatic rings. The lowest BCUT2D eigenvalue weighted by Crippen LogP contribution is -2.40. The summed E-state index contributed by atoms with van der Waals surface area (Å²) in [4.78, 5) is 11.8. The van der Waals surface area contributed by atoms with Crippen LogP contribution in [0.1, 0.15) is 35.8 Å². The lowest BCUT2D eigenvalue weighted by molar-refractivity contribution is 0.0206. The zero-order valence-electron chi connectivity index (χ0n) is 9.67. The van der Waals surface area contributed by atoms with E-state index in [0.29, 0.717) is 12.1 Å². The zero-order chi connectivity index (χ0) is 11.6. The van der Waals surface area contributed by atoms with E-state index in [1.807, 2.05) is 13.8 Å². The average molecular weight is 223 g/mol. The molecule has 0 spiro atoms. The Morgan fingerprint density at radius 3 is 3.12 bits per heavy atom. The molecule has 1 aliphatic heterocycles. The summed E-state index contributed by atoms with van der Waals surface area (Å²) >= 11 is 0. The van der Waals surface area contributed by atoms with Crippen molar-refractivity contribution in [3.8, 4) is 0 Å². The lowest BCUT2D eigenvalue weighted by atomic mass is 10.0. The summed E-state index contributed by atoms with van der Waals surface area (Å²) in [5.74, 6) is -0.0945. The Bertz CT molecular complexity index is 380. The topological polar surface area (TPSA) is 67.0 Å². The molecular weight excluding hydrogens is 206 g/mol. The van der Waals surface area contributed by atoms with E-state index in [0.717, 1.165) is 25.1 Å². The SMILES string of the molecule is Cc1[nH]ncc1C(=O)NCC1(C)CCCO1. The molecule has 1 fully saturated rings. The maximum Gasteiger partial charge on any atom is 0.254 e. The summed E-state index contributed by atoms with van der Waals surface area (Å²) in [5, 5.41) is 9.45. The first kappa shape index (κ1) is 11.1. The summed E-state index contributed by atoms with van der Waals surface area (Å²) in [6.45, 7) is 5.20. The van der Waals surface area contributed by atoms with Gasteiger partial charge in [0.05, 0.1) is 17.4 Å². The second kappa shape index (κ2) is 4.25. The van der Waals surface area contributed by atoms with E-state index in [4.69, 9.17) is 4.74 Å². The van der Waals surface area contributed by atoms with Gasteiger partial charge >= 0.3 is 0 Å². The maximum absolute atomic E-state index is 11.8. The van der Waals surface area contributed by atoms with Gasteiger partial charge in [0.15, 0.2) is 0 Å². The molecule has 1 aromatic rings. The van der Waals surface area contributed by atoms with Crippen molar-refractivity contribution in [3.05, 3.63) is 17.5 Å². The van der Waals surface area contributed by atoms with Crippen molar-refractivity contribution in [2.24, 2.45) is 0 Å². The van der Waals surface area contributed by atoms with Crippen molar-refractivity contribution in [2.45, 2.75) is 32.3 Å².